The van der Waals surface area contributed by atoms with E-state index >= 15 is 0 Å². The van der Waals surface area contributed by atoms with E-state index in [1.165, 1.54) is 37.7 Å². The van der Waals surface area contributed by atoms with Crippen molar-refractivity contribution < 1.29 is 23.9 Å². The Kier molecular flexibility index (Phi) is 8.88. The molecule has 10 nitrogen and oxygen atoms in total. The van der Waals surface area contributed by atoms with Gasteiger partial charge in [0.05, 0.1) is 45.5 Å². The van der Waals surface area contributed by atoms with Gasteiger partial charge in [0.25, 0.3) is 11.2 Å². The number of esters is 1. The van der Waals surface area contributed by atoms with Gasteiger partial charge in [-0.05, 0) is 69.4 Å². The molecule has 3 aromatic carbocycles. The third-order valence-electron chi connectivity index (χ3n) is 6.85. The molecular formula is C31H26BrN3O7S. The molecule has 5 rings (SSSR count). The Bertz CT molecular complexity index is 1920. The van der Waals surface area contributed by atoms with Crippen LogP contribution >= 0.6 is 27.3 Å². The lowest BCUT2D eigenvalue weighted by molar-refractivity contribution is -0.384. The van der Waals surface area contributed by atoms with E-state index in [2.05, 4.69) is 15.9 Å². The van der Waals surface area contributed by atoms with Crippen molar-refractivity contribution in [2.75, 3.05) is 14.2 Å². The Labute approximate surface area is 258 Å². The lowest BCUT2D eigenvalue weighted by atomic mass is 9.95. The largest absolute Gasteiger partial charge is 0.493 e. The van der Waals surface area contributed by atoms with Gasteiger partial charge in [-0.25, -0.2) is 9.79 Å². The highest BCUT2D eigenvalue weighted by atomic mass is 79.9. The number of rotatable bonds is 9. The average molecular weight is 665 g/mol. The number of fused-ring (bicyclic) bond motifs is 1. The van der Waals surface area contributed by atoms with Crippen LogP contribution in [-0.2, 0) is 16.1 Å². The first-order valence-electron chi connectivity index (χ1n) is 13.2. The third-order valence-corrected chi connectivity index (χ3v) is 8.42. The molecule has 2 heterocycles. The summed E-state index contributed by atoms with van der Waals surface area (Å²) in [5.41, 5.74) is 2.82. The number of non-ortho nitro benzene ring substituents is 1. The second kappa shape index (κ2) is 12.8. The topological polar surface area (TPSA) is 122 Å². The number of benzene rings is 3. The van der Waals surface area contributed by atoms with Gasteiger partial charge < -0.3 is 14.2 Å². The molecule has 0 spiro atoms. The molecule has 0 radical (unpaired) electrons. The maximum absolute atomic E-state index is 13.9. The molecule has 4 aromatic rings. The van der Waals surface area contributed by atoms with Crippen molar-refractivity contribution >= 4 is 45.0 Å². The summed E-state index contributed by atoms with van der Waals surface area (Å²) >= 11 is 4.79. The predicted octanol–water partition coefficient (Wildman–Crippen LogP) is 5.06. The van der Waals surface area contributed by atoms with Crippen LogP contribution in [0.3, 0.4) is 0 Å². The lowest BCUT2D eigenvalue weighted by Gasteiger charge is -2.25. The Balaban J connectivity index is 1.54. The van der Waals surface area contributed by atoms with Gasteiger partial charge in [-0.1, -0.05) is 48.6 Å². The molecule has 1 aliphatic rings. The van der Waals surface area contributed by atoms with Crippen LogP contribution in [0.2, 0.25) is 0 Å². The number of ether oxygens (including phenoxy) is 3. The number of hydrogen-bond acceptors (Lipinski definition) is 9. The lowest BCUT2D eigenvalue weighted by Crippen LogP contribution is -2.40. The van der Waals surface area contributed by atoms with Gasteiger partial charge in [0.2, 0.25) is 0 Å². The smallest absolute Gasteiger partial charge is 0.338 e. The van der Waals surface area contributed by atoms with Crippen LogP contribution in [0.25, 0.3) is 6.08 Å². The fourth-order valence-corrected chi connectivity index (χ4v) is 6.39. The number of carbonyl (C=O) groups is 1. The minimum absolute atomic E-state index is 0.000303. The number of nitro benzene ring substituents is 1. The van der Waals surface area contributed by atoms with E-state index in [4.69, 9.17) is 19.2 Å². The van der Waals surface area contributed by atoms with Crippen LogP contribution in [0, 0.1) is 10.1 Å². The molecule has 0 unspecified atom stereocenters. The number of aromatic nitrogens is 1. The van der Waals surface area contributed by atoms with Crippen molar-refractivity contribution in [2.45, 2.75) is 26.0 Å². The minimum atomic E-state index is -0.682. The predicted molar refractivity (Wildman–Crippen MR) is 165 cm³/mol. The van der Waals surface area contributed by atoms with E-state index in [0.717, 1.165) is 11.1 Å². The van der Waals surface area contributed by atoms with Crippen LogP contribution in [0.4, 0.5) is 5.69 Å². The third kappa shape index (κ3) is 6.02. The monoisotopic (exact) mass is 663 g/mol. The average Bonchev–Trinajstić information content (AvgIpc) is 3.33. The van der Waals surface area contributed by atoms with Crippen LogP contribution in [0.15, 0.2) is 92.3 Å². The number of thiazole rings is 1. The second-order valence-corrected chi connectivity index (χ2v) is 11.3. The van der Waals surface area contributed by atoms with Gasteiger partial charge in [0, 0.05) is 12.1 Å². The summed E-state index contributed by atoms with van der Waals surface area (Å²) in [7, 11) is 2.83. The normalized spacial score (nSPS) is 14.6. The SMILES string of the molecule is CCC1=C(C(=O)OC)[C@@H](c2ccccc2)n2c(s/c(=C\c3cc(Br)c(OCc4ccc([N+](=O)[O-])cc4)c(OC)c3)c2=O)=N1. The van der Waals surface area contributed by atoms with Crippen molar-refractivity contribution in [3.05, 3.63) is 129 Å². The first-order chi connectivity index (χ1) is 20.7. The van der Waals surface area contributed by atoms with Crippen LogP contribution in [0.1, 0.15) is 36.1 Å². The fraction of sp³-hybridized carbons (Fsp3) is 0.194. The van der Waals surface area contributed by atoms with Crippen molar-refractivity contribution in [2.24, 2.45) is 4.99 Å². The number of halogens is 1. The summed E-state index contributed by atoms with van der Waals surface area (Å²) in [6, 6.07) is 18.3. The highest BCUT2D eigenvalue weighted by Gasteiger charge is 2.33. The first-order valence-corrected chi connectivity index (χ1v) is 14.8. The highest BCUT2D eigenvalue weighted by Crippen LogP contribution is 2.37. The highest BCUT2D eigenvalue weighted by molar-refractivity contribution is 9.10. The van der Waals surface area contributed by atoms with Crippen molar-refractivity contribution in [3.8, 4) is 11.5 Å². The zero-order valence-corrected chi connectivity index (χ0v) is 25.8. The van der Waals surface area contributed by atoms with Crippen molar-refractivity contribution in [1.29, 1.82) is 0 Å². The fourth-order valence-electron chi connectivity index (χ4n) is 4.80. The van der Waals surface area contributed by atoms with Gasteiger partial charge in [-0.15, -0.1) is 0 Å². The van der Waals surface area contributed by atoms with Crippen LogP contribution in [0.5, 0.6) is 11.5 Å². The minimum Gasteiger partial charge on any atom is -0.493 e. The van der Waals surface area contributed by atoms with E-state index < -0.39 is 16.9 Å². The zero-order valence-electron chi connectivity index (χ0n) is 23.4. The Morgan fingerprint density at radius 2 is 1.86 bits per heavy atom. The molecule has 0 bridgehead atoms. The number of nitrogens with zero attached hydrogens (tertiary/aromatic N) is 3. The summed E-state index contributed by atoms with van der Waals surface area (Å²) in [4.78, 5) is 42.5. The van der Waals surface area contributed by atoms with E-state index in [9.17, 15) is 19.7 Å². The molecule has 0 saturated carbocycles. The quantitative estimate of drug-likeness (QED) is 0.139. The van der Waals surface area contributed by atoms with E-state index in [0.29, 0.717) is 48.6 Å². The Morgan fingerprint density at radius 1 is 1.14 bits per heavy atom. The number of nitro groups is 1. The van der Waals surface area contributed by atoms with Crippen molar-refractivity contribution in [1.82, 2.24) is 4.57 Å². The van der Waals surface area contributed by atoms with E-state index in [1.54, 1.807) is 34.9 Å². The molecule has 12 heteroatoms. The van der Waals surface area contributed by atoms with Gasteiger partial charge in [-0.2, -0.15) is 0 Å². The summed E-state index contributed by atoms with van der Waals surface area (Å²) in [6.45, 7) is 2.07. The van der Waals surface area contributed by atoms with E-state index in [1.807, 2.05) is 37.3 Å². The maximum Gasteiger partial charge on any atom is 0.338 e. The number of methoxy groups -OCH3 is 2. The number of allylic oxidation sites excluding steroid dienone is 1. The Hall–Kier alpha value is -4.55. The van der Waals surface area contributed by atoms with Gasteiger partial charge in [0.15, 0.2) is 16.3 Å². The molecule has 1 aliphatic heterocycles. The second-order valence-electron chi connectivity index (χ2n) is 9.45. The zero-order chi connectivity index (χ0) is 30.7. The van der Waals surface area contributed by atoms with Crippen molar-refractivity contribution in [3.63, 3.8) is 0 Å². The molecule has 0 N–H and O–H groups in total. The molecule has 0 saturated heterocycles. The first kappa shape index (κ1) is 29.9. The molecule has 1 atom stereocenters. The molecule has 220 valence electrons. The molecular weight excluding hydrogens is 638 g/mol. The summed E-state index contributed by atoms with van der Waals surface area (Å²) in [6.07, 6.45) is 2.23. The molecule has 0 aliphatic carbocycles. The van der Waals surface area contributed by atoms with Gasteiger partial charge >= 0.3 is 5.97 Å². The standard InChI is InChI=1S/C31H26BrN3O7S/c1-4-23-26(30(37)41-3)27(20-8-6-5-7-9-20)34-29(36)25(43-31(34)33-23)16-19-14-22(32)28(24(15-19)40-2)42-17-18-10-12-21(13-11-18)35(38)39/h5-16,27H,4,17H2,1-3H3/b25-16-/t27-/m1/s1. The molecule has 0 amide bonds. The van der Waals surface area contributed by atoms with Crippen LogP contribution in [-0.4, -0.2) is 29.7 Å². The summed E-state index contributed by atoms with van der Waals surface area (Å²) in [5, 5.41) is 10.9. The van der Waals surface area contributed by atoms with Crippen LogP contribution < -0.4 is 24.4 Å². The van der Waals surface area contributed by atoms with E-state index in [-0.39, 0.29) is 17.9 Å². The number of carbonyl (C=O) groups excluding carboxylic acids is 1. The summed E-state index contributed by atoms with van der Waals surface area (Å²) in [5.74, 6) is 0.347. The molecule has 0 fully saturated rings. The maximum atomic E-state index is 13.9. The number of hydrogen-bond donors (Lipinski definition) is 0. The molecule has 1 aromatic heterocycles. The van der Waals surface area contributed by atoms with Gasteiger partial charge in [-0.3, -0.25) is 19.5 Å². The summed E-state index contributed by atoms with van der Waals surface area (Å²) < 4.78 is 19.3. The molecule has 43 heavy (non-hydrogen) atoms. The Morgan fingerprint density at radius 3 is 2.49 bits per heavy atom. The van der Waals surface area contributed by atoms with Gasteiger partial charge in [0.1, 0.15) is 6.61 Å².